The molecule has 0 spiro atoms. The number of unbranched alkanes of at least 4 members (excludes halogenated alkanes) is 7. The Hall–Kier alpha value is -3.52. The zero-order valence-electron chi connectivity index (χ0n) is 27.6. The van der Waals surface area contributed by atoms with Gasteiger partial charge in [0.15, 0.2) is 0 Å². The first-order valence-corrected chi connectivity index (χ1v) is 17.4. The van der Waals surface area contributed by atoms with Crippen molar-refractivity contribution in [2.75, 3.05) is 11.5 Å². The minimum atomic E-state index is 0.940. The van der Waals surface area contributed by atoms with Crippen molar-refractivity contribution >= 4 is 11.4 Å². The van der Waals surface area contributed by atoms with Gasteiger partial charge >= 0.3 is 0 Å². The maximum absolute atomic E-state index is 6.24. The molecule has 2 nitrogen and oxygen atoms in total. The number of nitrogen functional groups attached to an aromatic ring is 2. The van der Waals surface area contributed by atoms with E-state index in [1.807, 2.05) is 0 Å². The van der Waals surface area contributed by atoms with E-state index in [0.29, 0.717) is 0 Å². The molecular formula is C42H56N2. The molecule has 0 saturated carbocycles. The first kappa shape index (κ1) is 33.4. The van der Waals surface area contributed by atoms with Crippen LogP contribution in [0.1, 0.15) is 123 Å². The predicted octanol–water partition coefficient (Wildman–Crippen LogP) is 10.8. The van der Waals surface area contributed by atoms with E-state index in [-0.39, 0.29) is 0 Å². The van der Waals surface area contributed by atoms with Gasteiger partial charge in [-0.1, -0.05) is 125 Å². The van der Waals surface area contributed by atoms with E-state index in [4.69, 9.17) is 11.5 Å². The van der Waals surface area contributed by atoms with E-state index in [9.17, 15) is 0 Å². The molecule has 0 atom stereocenters. The highest BCUT2D eigenvalue weighted by Crippen LogP contribution is 2.22. The van der Waals surface area contributed by atoms with Crippen LogP contribution in [0.5, 0.6) is 0 Å². The van der Waals surface area contributed by atoms with E-state index in [0.717, 1.165) is 37.1 Å². The Bertz CT molecular complexity index is 1280. The molecule has 0 unspecified atom stereocenters. The fourth-order valence-corrected chi connectivity index (χ4v) is 6.23. The molecule has 4 aromatic carbocycles. The first-order valence-electron chi connectivity index (χ1n) is 17.4. The lowest BCUT2D eigenvalue weighted by atomic mass is 9.97. The summed E-state index contributed by atoms with van der Waals surface area (Å²) < 4.78 is 0. The first-order chi connectivity index (χ1) is 21.5. The largest absolute Gasteiger partial charge is 0.399 e. The summed E-state index contributed by atoms with van der Waals surface area (Å²) in [4.78, 5) is 0. The molecule has 234 valence electrons. The molecule has 0 radical (unpaired) electrons. The number of benzene rings is 4. The molecule has 0 aliphatic rings. The van der Waals surface area contributed by atoms with Crippen molar-refractivity contribution in [1.82, 2.24) is 0 Å². The summed E-state index contributed by atoms with van der Waals surface area (Å²) in [6, 6.07) is 31.7. The molecule has 0 aromatic heterocycles. The highest BCUT2D eigenvalue weighted by Gasteiger charge is 2.05. The van der Waals surface area contributed by atoms with Crippen molar-refractivity contribution in [3.05, 3.63) is 129 Å². The van der Waals surface area contributed by atoms with Crippen LogP contribution in [0.15, 0.2) is 84.9 Å². The van der Waals surface area contributed by atoms with Gasteiger partial charge in [0.1, 0.15) is 0 Å². The van der Waals surface area contributed by atoms with E-state index >= 15 is 0 Å². The standard InChI is InChI=1S/C42H56N2/c1-3-5-9-15-39-31-37(25-27-41(39)43)29-35-21-17-33(18-22-35)13-11-7-8-12-14-34-19-23-36(24-20-34)30-38-26-28-42(44)40(32-38)16-10-6-4-2/h17-28,31-32H,3-16,29-30,43-44H2,1-2H3. The van der Waals surface area contributed by atoms with Gasteiger partial charge in [-0.25, -0.2) is 0 Å². The predicted molar refractivity (Wildman–Crippen MR) is 193 cm³/mol. The summed E-state index contributed by atoms with van der Waals surface area (Å²) in [6.45, 7) is 4.50. The van der Waals surface area contributed by atoms with Crippen LogP contribution in [-0.2, 0) is 38.5 Å². The topological polar surface area (TPSA) is 52.0 Å². The van der Waals surface area contributed by atoms with Crippen molar-refractivity contribution in [3.63, 3.8) is 0 Å². The molecule has 0 bridgehead atoms. The van der Waals surface area contributed by atoms with E-state index in [1.165, 1.54) is 122 Å². The zero-order valence-corrected chi connectivity index (χ0v) is 27.6. The second kappa shape index (κ2) is 18.3. The fourth-order valence-electron chi connectivity index (χ4n) is 6.23. The van der Waals surface area contributed by atoms with E-state index in [1.54, 1.807) is 0 Å². The van der Waals surface area contributed by atoms with Crippen LogP contribution in [0.3, 0.4) is 0 Å². The van der Waals surface area contributed by atoms with Gasteiger partial charge in [0, 0.05) is 11.4 Å². The van der Waals surface area contributed by atoms with Crippen LogP contribution in [0.4, 0.5) is 11.4 Å². The Morgan fingerprint density at radius 1 is 0.364 bits per heavy atom. The molecule has 0 fully saturated rings. The molecule has 0 aliphatic carbocycles. The van der Waals surface area contributed by atoms with Crippen LogP contribution in [0.25, 0.3) is 0 Å². The lowest BCUT2D eigenvalue weighted by molar-refractivity contribution is 0.640. The summed E-state index contributed by atoms with van der Waals surface area (Å²) in [5.74, 6) is 0. The molecule has 44 heavy (non-hydrogen) atoms. The molecule has 0 amide bonds. The van der Waals surface area contributed by atoms with Crippen LogP contribution in [0, 0.1) is 0 Å². The average Bonchev–Trinajstić information content (AvgIpc) is 3.03. The number of hydrogen-bond donors (Lipinski definition) is 2. The maximum atomic E-state index is 6.24. The van der Waals surface area contributed by atoms with Crippen molar-refractivity contribution in [2.45, 2.75) is 117 Å². The molecule has 4 N–H and O–H groups in total. The molecule has 2 heteroatoms. The third kappa shape index (κ3) is 11.2. The zero-order chi connectivity index (χ0) is 31.0. The van der Waals surface area contributed by atoms with Gasteiger partial charge in [-0.2, -0.15) is 0 Å². The summed E-state index contributed by atoms with van der Waals surface area (Å²) in [7, 11) is 0. The highest BCUT2D eigenvalue weighted by molar-refractivity contribution is 5.50. The summed E-state index contributed by atoms with van der Waals surface area (Å²) in [5.41, 5.74) is 25.4. The smallest absolute Gasteiger partial charge is 0.0346 e. The number of nitrogens with two attached hydrogens (primary N) is 2. The second-order valence-corrected chi connectivity index (χ2v) is 12.9. The highest BCUT2D eigenvalue weighted by atomic mass is 14.6. The number of anilines is 2. The normalized spacial score (nSPS) is 11.2. The lowest BCUT2D eigenvalue weighted by Crippen LogP contribution is -1.98. The SMILES string of the molecule is CCCCCc1cc(Cc2ccc(CCCCCCc3ccc(Cc4ccc(N)c(CCCCC)c4)cc3)cc2)ccc1N. The Kier molecular flexibility index (Phi) is 13.9. The molecule has 0 saturated heterocycles. The monoisotopic (exact) mass is 588 g/mol. The number of rotatable bonds is 19. The molecule has 0 aliphatic heterocycles. The van der Waals surface area contributed by atoms with E-state index in [2.05, 4.69) is 98.8 Å². The Morgan fingerprint density at radius 2 is 0.705 bits per heavy atom. The Morgan fingerprint density at radius 3 is 1.09 bits per heavy atom. The van der Waals surface area contributed by atoms with Crippen LogP contribution in [-0.4, -0.2) is 0 Å². The van der Waals surface area contributed by atoms with Crippen LogP contribution >= 0.6 is 0 Å². The molecular weight excluding hydrogens is 532 g/mol. The van der Waals surface area contributed by atoms with Gasteiger partial charge in [0.2, 0.25) is 0 Å². The van der Waals surface area contributed by atoms with Gasteiger partial charge in [0.25, 0.3) is 0 Å². The minimum Gasteiger partial charge on any atom is -0.399 e. The van der Waals surface area contributed by atoms with Crippen molar-refractivity contribution in [1.29, 1.82) is 0 Å². The third-order valence-corrected chi connectivity index (χ3v) is 9.06. The summed E-state index contributed by atoms with van der Waals surface area (Å²) in [5, 5.41) is 0. The lowest BCUT2D eigenvalue weighted by Gasteiger charge is -2.10. The van der Waals surface area contributed by atoms with Crippen molar-refractivity contribution in [2.24, 2.45) is 0 Å². The minimum absolute atomic E-state index is 0.940. The molecule has 4 aromatic rings. The number of hydrogen-bond acceptors (Lipinski definition) is 2. The Balaban J connectivity index is 1.13. The molecule has 0 heterocycles. The van der Waals surface area contributed by atoms with Gasteiger partial charge in [-0.3, -0.25) is 0 Å². The van der Waals surface area contributed by atoms with Gasteiger partial charge in [-0.05, 0) is 121 Å². The van der Waals surface area contributed by atoms with Gasteiger partial charge < -0.3 is 11.5 Å². The van der Waals surface area contributed by atoms with Crippen molar-refractivity contribution in [3.8, 4) is 0 Å². The van der Waals surface area contributed by atoms with Gasteiger partial charge in [-0.15, -0.1) is 0 Å². The molecule has 4 rings (SSSR count). The summed E-state index contributed by atoms with van der Waals surface area (Å²) >= 11 is 0. The maximum Gasteiger partial charge on any atom is 0.0346 e. The third-order valence-electron chi connectivity index (χ3n) is 9.06. The van der Waals surface area contributed by atoms with Crippen molar-refractivity contribution < 1.29 is 0 Å². The average molecular weight is 589 g/mol. The number of aryl methyl sites for hydroxylation is 4. The van der Waals surface area contributed by atoms with E-state index < -0.39 is 0 Å². The fraction of sp³-hybridized carbons (Fsp3) is 0.429. The quantitative estimate of drug-likeness (QED) is 0.0845. The Labute approximate surface area is 268 Å². The summed E-state index contributed by atoms with van der Waals surface area (Å²) in [6.07, 6.45) is 19.1. The van der Waals surface area contributed by atoms with Crippen LogP contribution in [0.2, 0.25) is 0 Å². The second-order valence-electron chi connectivity index (χ2n) is 12.9. The van der Waals surface area contributed by atoms with Gasteiger partial charge in [0.05, 0.1) is 0 Å². The van der Waals surface area contributed by atoms with Crippen LogP contribution < -0.4 is 11.5 Å².